The second-order valence-corrected chi connectivity index (χ2v) is 6.56. The first-order valence-corrected chi connectivity index (χ1v) is 7.49. The molecule has 0 saturated carbocycles. The molecule has 1 aliphatic rings. The van der Waals surface area contributed by atoms with Gasteiger partial charge in [0, 0.05) is 19.2 Å². The Morgan fingerprint density at radius 1 is 1.40 bits per heavy atom. The molecule has 1 fully saturated rings. The van der Waals surface area contributed by atoms with Crippen molar-refractivity contribution in [3.63, 3.8) is 0 Å². The summed E-state index contributed by atoms with van der Waals surface area (Å²) in [5, 5.41) is 3.00. The third-order valence-corrected chi connectivity index (χ3v) is 5.15. The van der Waals surface area contributed by atoms with Crippen molar-refractivity contribution in [2.75, 3.05) is 26.7 Å². The molecule has 1 aromatic rings. The summed E-state index contributed by atoms with van der Waals surface area (Å²) in [4.78, 5) is -0.459. The topological polar surface area (TPSA) is 49.4 Å². The van der Waals surface area contributed by atoms with Crippen LogP contribution < -0.4 is 5.32 Å². The highest BCUT2D eigenvalue weighted by Gasteiger charge is 2.33. The Morgan fingerprint density at radius 2 is 2.10 bits per heavy atom. The van der Waals surface area contributed by atoms with E-state index in [0.29, 0.717) is 19.2 Å². The van der Waals surface area contributed by atoms with E-state index < -0.39 is 26.6 Å². The predicted molar refractivity (Wildman–Crippen MR) is 74.4 cm³/mol. The van der Waals surface area contributed by atoms with Crippen molar-refractivity contribution in [1.82, 2.24) is 9.62 Å². The zero-order valence-corrected chi connectivity index (χ0v) is 12.6. The fraction of sp³-hybridized carbons (Fsp3) is 0.500. The van der Waals surface area contributed by atoms with Crippen LogP contribution in [0.5, 0.6) is 0 Å². The van der Waals surface area contributed by atoms with Crippen molar-refractivity contribution < 1.29 is 17.2 Å². The van der Waals surface area contributed by atoms with E-state index in [-0.39, 0.29) is 18.3 Å². The van der Waals surface area contributed by atoms with Gasteiger partial charge in [-0.05, 0) is 38.1 Å². The van der Waals surface area contributed by atoms with Crippen molar-refractivity contribution >= 4 is 22.4 Å². The van der Waals surface area contributed by atoms with Gasteiger partial charge in [0.25, 0.3) is 0 Å². The van der Waals surface area contributed by atoms with Crippen LogP contribution in [0.3, 0.4) is 0 Å². The van der Waals surface area contributed by atoms with Crippen LogP contribution in [0.15, 0.2) is 23.1 Å². The van der Waals surface area contributed by atoms with Crippen LogP contribution in [0.4, 0.5) is 8.78 Å². The molecule has 0 spiro atoms. The highest BCUT2D eigenvalue weighted by molar-refractivity contribution is 7.89. The smallest absolute Gasteiger partial charge is 0.245 e. The van der Waals surface area contributed by atoms with Crippen LogP contribution in [-0.4, -0.2) is 39.4 Å². The van der Waals surface area contributed by atoms with E-state index in [2.05, 4.69) is 5.32 Å². The number of benzene rings is 1. The fourth-order valence-electron chi connectivity index (χ4n) is 2.29. The van der Waals surface area contributed by atoms with Gasteiger partial charge in [0.05, 0.1) is 0 Å². The monoisotopic (exact) mass is 326 g/mol. The second-order valence-electron chi connectivity index (χ2n) is 4.65. The van der Waals surface area contributed by atoms with Gasteiger partial charge in [0.1, 0.15) is 16.5 Å². The van der Waals surface area contributed by atoms with Crippen molar-refractivity contribution in [3.8, 4) is 0 Å². The van der Waals surface area contributed by atoms with Crippen LogP contribution in [0.25, 0.3) is 0 Å². The molecule has 0 aromatic heterocycles. The zero-order valence-electron chi connectivity index (χ0n) is 11.0. The summed E-state index contributed by atoms with van der Waals surface area (Å²) in [5.41, 5.74) is 0. The van der Waals surface area contributed by atoms with Crippen molar-refractivity contribution in [1.29, 1.82) is 0 Å². The van der Waals surface area contributed by atoms with Crippen molar-refractivity contribution in [2.45, 2.75) is 11.3 Å². The maximum Gasteiger partial charge on any atom is 0.245 e. The number of sulfonamides is 1. The highest BCUT2D eigenvalue weighted by atomic mass is 35.5. The van der Waals surface area contributed by atoms with Crippen LogP contribution in [0, 0.1) is 17.6 Å². The van der Waals surface area contributed by atoms with Crippen LogP contribution in [0.2, 0.25) is 0 Å². The molecule has 8 heteroatoms. The fourth-order valence-corrected chi connectivity index (χ4v) is 3.87. The molecule has 1 saturated heterocycles. The van der Waals surface area contributed by atoms with Gasteiger partial charge in [-0.3, -0.25) is 0 Å². The summed E-state index contributed by atoms with van der Waals surface area (Å²) in [6, 6.07) is 2.52. The number of halogens is 3. The van der Waals surface area contributed by atoms with Gasteiger partial charge in [0.15, 0.2) is 0 Å². The maximum atomic E-state index is 13.6. The SMILES string of the molecule is CNCC1CCN(S(=O)(=O)c2ccc(F)cc2F)C1.Cl. The summed E-state index contributed by atoms with van der Waals surface area (Å²) < 4.78 is 52.2. The lowest BCUT2D eigenvalue weighted by Crippen LogP contribution is -2.31. The molecule has 1 heterocycles. The molecule has 0 amide bonds. The minimum absolute atomic E-state index is 0. The number of hydrogen-bond acceptors (Lipinski definition) is 3. The van der Waals surface area contributed by atoms with E-state index in [9.17, 15) is 17.2 Å². The quantitative estimate of drug-likeness (QED) is 0.914. The number of rotatable bonds is 4. The summed E-state index contributed by atoms with van der Waals surface area (Å²) in [5.74, 6) is -1.61. The van der Waals surface area contributed by atoms with E-state index in [1.54, 1.807) is 7.05 Å². The molecule has 0 radical (unpaired) electrons. The van der Waals surface area contributed by atoms with Gasteiger partial charge in [-0.25, -0.2) is 17.2 Å². The average molecular weight is 327 g/mol. The van der Waals surface area contributed by atoms with Gasteiger partial charge < -0.3 is 5.32 Å². The first-order chi connectivity index (χ1) is 8.95. The molecule has 1 atom stereocenters. The Balaban J connectivity index is 0.00000200. The molecule has 1 aliphatic heterocycles. The third-order valence-electron chi connectivity index (χ3n) is 3.25. The second kappa shape index (κ2) is 6.80. The summed E-state index contributed by atoms with van der Waals surface area (Å²) in [7, 11) is -2.07. The van der Waals surface area contributed by atoms with E-state index in [1.807, 2.05) is 0 Å². The summed E-state index contributed by atoms with van der Waals surface area (Å²) >= 11 is 0. The van der Waals surface area contributed by atoms with E-state index >= 15 is 0 Å². The Kier molecular flexibility index (Phi) is 5.88. The molecular weight excluding hydrogens is 310 g/mol. The molecule has 4 nitrogen and oxygen atoms in total. The normalized spacial score (nSPS) is 19.9. The van der Waals surface area contributed by atoms with Gasteiger partial charge in [-0.15, -0.1) is 12.4 Å². The third kappa shape index (κ3) is 3.46. The molecule has 0 aliphatic carbocycles. The summed E-state index contributed by atoms with van der Waals surface area (Å²) in [6.07, 6.45) is 0.739. The van der Waals surface area contributed by atoms with Crippen LogP contribution >= 0.6 is 12.4 Å². The molecule has 1 N–H and O–H groups in total. The average Bonchev–Trinajstić information content (AvgIpc) is 2.78. The minimum Gasteiger partial charge on any atom is -0.319 e. The molecule has 0 bridgehead atoms. The van der Waals surface area contributed by atoms with Gasteiger partial charge in [0.2, 0.25) is 10.0 Å². The predicted octanol–water partition coefficient (Wildman–Crippen LogP) is 1.62. The van der Waals surface area contributed by atoms with Crippen molar-refractivity contribution in [3.05, 3.63) is 29.8 Å². The Bertz CT molecular complexity index is 569. The maximum absolute atomic E-state index is 13.6. The first-order valence-electron chi connectivity index (χ1n) is 6.05. The van der Waals surface area contributed by atoms with Gasteiger partial charge in [-0.1, -0.05) is 0 Å². The lowest BCUT2D eigenvalue weighted by Gasteiger charge is -2.17. The molecule has 1 aromatic carbocycles. The Hall–Kier alpha value is -0.760. The molecule has 114 valence electrons. The number of nitrogens with one attached hydrogen (secondary N) is 1. The Morgan fingerprint density at radius 3 is 2.70 bits per heavy atom. The van der Waals surface area contributed by atoms with Crippen LogP contribution in [0.1, 0.15) is 6.42 Å². The van der Waals surface area contributed by atoms with E-state index in [4.69, 9.17) is 0 Å². The summed E-state index contributed by atoms with van der Waals surface area (Å²) in [6.45, 7) is 1.45. The lowest BCUT2D eigenvalue weighted by molar-refractivity contribution is 0.445. The minimum atomic E-state index is -3.87. The molecule has 2 rings (SSSR count). The van der Waals surface area contributed by atoms with Crippen molar-refractivity contribution in [2.24, 2.45) is 5.92 Å². The molecule has 1 unspecified atom stereocenters. The van der Waals surface area contributed by atoms with E-state index in [1.165, 1.54) is 4.31 Å². The molecular formula is C12H17ClF2N2O2S. The highest BCUT2D eigenvalue weighted by Crippen LogP contribution is 2.25. The van der Waals surface area contributed by atoms with Gasteiger partial charge in [-0.2, -0.15) is 4.31 Å². The first kappa shape index (κ1) is 17.3. The lowest BCUT2D eigenvalue weighted by atomic mass is 10.1. The standard InChI is InChI=1S/C12H16F2N2O2S.ClH/c1-15-7-9-4-5-16(8-9)19(17,18)12-3-2-10(13)6-11(12)14;/h2-3,6,9,15H,4-5,7-8H2,1H3;1H. The van der Waals surface area contributed by atoms with Gasteiger partial charge >= 0.3 is 0 Å². The number of nitrogens with zero attached hydrogens (tertiary/aromatic N) is 1. The number of hydrogen-bond donors (Lipinski definition) is 1. The largest absolute Gasteiger partial charge is 0.319 e. The Labute approximate surface area is 123 Å². The van der Waals surface area contributed by atoms with Crippen LogP contribution in [-0.2, 0) is 10.0 Å². The van der Waals surface area contributed by atoms with E-state index in [0.717, 1.165) is 25.1 Å². The zero-order chi connectivity index (χ0) is 14.0. The molecule has 20 heavy (non-hydrogen) atoms.